The summed E-state index contributed by atoms with van der Waals surface area (Å²) < 4.78 is 5.69. The van der Waals surface area contributed by atoms with Gasteiger partial charge in [0.25, 0.3) is 0 Å². The minimum Gasteiger partial charge on any atom is -0.376 e. The normalized spacial score (nSPS) is 30.7. The minimum absolute atomic E-state index is 0.377. The lowest BCUT2D eigenvalue weighted by Gasteiger charge is -2.20. The fourth-order valence-corrected chi connectivity index (χ4v) is 3.50. The van der Waals surface area contributed by atoms with E-state index >= 15 is 0 Å². The van der Waals surface area contributed by atoms with E-state index < -0.39 is 0 Å². The van der Waals surface area contributed by atoms with Crippen LogP contribution in [0.5, 0.6) is 0 Å². The van der Waals surface area contributed by atoms with Gasteiger partial charge in [0.1, 0.15) is 0 Å². The van der Waals surface area contributed by atoms with E-state index in [-0.39, 0.29) is 0 Å². The molecular formula is C13H24N2OS. The molecule has 3 unspecified atom stereocenters. The second-order valence-electron chi connectivity index (χ2n) is 5.51. The summed E-state index contributed by atoms with van der Waals surface area (Å²) in [5, 5.41) is 4.64. The van der Waals surface area contributed by atoms with Gasteiger partial charge >= 0.3 is 0 Å². The van der Waals surface area contributed by atoms with Gasteiger partial charge in [-0.2, -0.15) is 0 Å². The number of nitrogens with zero attached hydrogens (tertiary/aromatic N) is 1. The maximum Gasteiger partial charge on any atom is 0.157 e. The fraction of sp³-hybridized carbons (Fsp3) is 0.923. The molecule has 4 heteroatoms. The topological polar surface area (TPSA) is 33.6 Å². The first-order valence-electron chi connectivity index (χ1n) is 6.74. The molecule has 0 aromatic rings. The molecule has 1 N–H and O–H groups in total. The minimum atomic E-state index is 0.377. The molecule has 1 fully saturated rings. The van der Waals surface area contributed by atoms with E-state index in [1.54, 1.807) is 0 Å². The van der Waals surface area contributed by atoms with Gasteiger partial charge in [0.15, 0.2) is 5.17 Å². The van der Waals surface area contributed by atoms with Crippen LogP contribution in [0.3, 0.4) is 0 Å². The summed E-state index contributed by atoms with van der Waals surface area (Å²) in [5.41, 5.74) is 0. The molecule has 3 atom stereocenters. The van der Waals surface area contributed by atoms with E-state index in [4.69, 9.17) is 9.73 Å². The van der Waals surface area contributed by atoms with Crippen molar-refractivity contribution in [3.05, 3.63) is 0 Å². The van der Waals surface area contributed by atoms with Crippen molar-refractivity contribution in [1.29, 1.82) is 0 Å². The van der Waals surface area contributed by atoms with Gasteiger partial charge < -0.3 is 10.1 Å². The number of rotatable bonds is 4. The molecule has 2 rings (SSSR count). The third-order valence-corrected chi connectivity index (χ3v) is 4.38. The Kier molecular flexibility index (Phi) is 4.74. The van der Waals surface area contributed by atoms with Crippen molar-refractivity contribution < 1.29 is 4.74 Å². The van der Waals surface area contributed by atoms with Gasteiger partial charge in [-0.1, -0.05) is 25.6 Å². The number of thioether (sulfide) groups is 1. The molecule has 17 heavy (non-hydrogen) atoms. The Morgan fingerprint density at radius 2 is 2.29 bits per heavy atom. The summed E-state index contributed by atoms with van der Waals surface area (Å²) in [4.78, 5) is 4.75. The number of amidine groups is 1. The second-order valence-corrected chi connectivity index (χ2v) is 6.52. The molecule has 2 heterocycles. The molecule has 0 radical (unpaired) electrons. The molecule has 98 valence electrons. The van der Waals surface area contributed by atoms with E-state index in [1.807, 2.05) is 11.8 Å². The Balaban J connectivity index is 1.78. The summed E-state index contributed by atoms with van der Waals surface area (Å²) >= 11 is 1.86. The molecule has 0 bridgehead atoms. The van der Waals surface area contributed by atoms with Crippen LogP contribution in [-0.4, -0.2) is 35.7 Å². The van der Waals surface area contributed by atoms with Crippen molar-refractivity contribution in [2.24, 2.45) is 10.9 Å². The van der Waals surface area contributed by atoms with Gasteiger partial charge in [-0.05, 0) is 32.1 Å². The summed E-state index contributed by atoms with van der Waals surface area (Å²) in [5.74, 6) is 1.87. The lowest BCUT2D eigenvalue weighted by molar-refractivity contribution is 0.0896. The number of hydrogen-bond donors (Lipinski definition) is 1. The summed E-state index contributed by atoms with van der Waals surface area (Å²) in [7, 11) is 0. The average Bonchev–Trinajstić information content (AvgIpc) is 2.87. The predicted octanol–water partition coefficient (Wildman–Crippen LogP) is 2.66. The highest BCUT2D eigenvalue weighted by Crippen LogP contribution is 2.23. The van der Waals surface area contributed by atoms with Crippen molar-refractivity contribution >= 4 is 16.9 Å². The molecule has 0 aliphatic carbocycles. The van der Waals surface area contributed by atoms with Crippen LogP contribution in [-0.2, 0) is 4.74 Å². The SMILES string of the molecule is CC(C)CC1CSC(NC(C)C2CCCO2)=N1. The number of ether oxygens (including phenoxy) is 1. The zero-order chi connectivity index (χ0) is 12.3. The summed E-state index contributed by atoms with van der Waals surface area (Å²) in [6.07, 6.45) is 3.96. The third-order valence-electron chi connectivity index (χ3n) is 3.33. The largest absolute Gasteiger partial charge is 0.376 e. The highest BCUT2D eigenvalue weighted by molar-refractivity contribution is 8.14. The molecule has 0 saturated carbocycles. The zero-order valence-electron chi connectivity index (χ0n) is 11.1. The average molecular weight is 256 g/mol. The first-order chi connectivity index (χ1) is 8.15. The van der Waals surface area contributed by atoms with Crippen molar-refractivity contribution in [3.63, 3.8) is 0 Å². The van der Waals surface area contributed by atoms with Crippen LogP contribution >= 0.6 is 11.8 Å². The van der Waals surface area contributed by atoms with Gasteiger partial charge in [-0.25, -0.2) is 0 Å². The standard InChI is InChI=1S/C13H24N2OS/c1-9(2)7-11-8-17-13(15-11)14-10(3)12-5-4-6-16-12/h9-12H,4-8H2,1-3H3,(H,14,15). The van der Waals surface area contributed by atoms with E-state index in [9.17, 15) is 0 Å². The Morgan fingerprint density at radius 3 is 2.94 bits per heavy atom. The van der Waals surface area contributed by atoms with Crippen molar-refractivity contribution in [2.75, 3.05) is 12.4 Å². The van der Waals surface area contributed by atoms with Gasteiger partial charge in [-0.15, -0.1) is 0 Å². The van der Waals surface area contributed by atoms with Crippen molar-refractivity contribution in [1.82, 2.24) is 5.32 Å². The first-order valence-corrected chi connectivity index (χ1v) is 7.72. The Labute approximate surface area is 109 Å². The highest BCUT2D eigenvalue weighted by Gasteiger charge is 2.25. The fourth-order valence-electron chi connectivity index (χ4n) is 2.44. The van der Waals surface area contributed by atoms with Gasteiger partial charge in [0.2, 0.25) is 0 Å². The molecular weight excluding hydrogens is 232 g/mol. The molecule has 0 spiro atoms. The number of hydrogen-bond acceptors (Lipinski definition) is 4. The molecule has 0 aromatic heterocycles. The third kappa shape index (κ3) is 3.88. The first kappa shape index (κ1) is 13.2. The predicted molar refractivity (Wildman–Crippen MR) is 74.7 cm³/mol. The monoisotopic (exact) mass is 256 g/mol. The molecule has 0 aromatic carbocycles. The Hall–Kier alpha value is -0.220. The quantitative estimate of drug-likeness (QED) is 0.839. The second kappa shape index (κ2) is 6.10. The van der Waals surface area contributed by atoms with Crippen LogP contribution in [0, 0.1) is 5.92 Å². The molecule has 2 aliphatic rings. The van der Waals surface area contributed by atoms with Crippen LogP contribution < -0.4 is 5.32 Å². The zero-order valence-corrected chi connectivity index (χ0v) is 11.9. The van der Waals surface area contributed by atoms with Gasteiger partial charge in [-0.3, -0.25) is 4.99 Å². The van der Waals surface area contributed by atoms with Gasteiger partial charge in [0, 0.05) is 12.4 Å². The van der Waals surface area contributed by atoms with Crippen LogP contribution in [0.25, 0.3) is 0 Å². The van der Waals surface area contributed by atoms with Crippen molar-refractivity contribution in [3.8, 4) is 0 Å². The van der Waals surface area contributed by atoms with Gasteiger partial charge in [0.05, 0.1) is 18.2 Å². The highest BCUT2D eigenvalue weighted by atomic mass is 32.2. The Morgan fingerprint density at radius 1 is 1.47 bits per heavy atom. The lowest BCUT2D eigenvalue weighted by atomic mass is 10.1. The van der Waals surface area contributed by atoms with E-state index in [1.165, 1.54) is 19.3 Å². The summed E-state index contributed by atoms with van der Waals surface area (Å²) in [6, 6.07) is 0.903. The summed E-state index contributed by atoms with van der Waals surface area (Å²) in [6.45, 7) is 7.66. The van der Waals surface area contributed by atoms with Crippen LogP contribution in [0.1, 0.15) is 40.0 Å². The molecule has 3 nitrogen and oxygen atoms in total. The maximum absolute atomic E-state index is 5.69. The lowest BCUT2D eigenvalue weighted by Crippen LogP contribution is -2.39. The molecule has 1 saturated heterocycles. The molecule has 2 aliphatic heterocycles. The van der Waals surface area contributed by atoms with Crippen LogP contribution in [0.15, 0.2) is 4.99 Å². The number of nitrogens with one attached hydrogen (secondary N) is 1. The van der Waals surface area contributed by atoms with Crippen molar-refractivity contribution in [2.45, 2.75) is 58.2 Å². The van der Waals surface area contributed by atoms with Crippen LogP contribution in [0.4, 0.5) is 0 Å². The maximum atomic E-state index is 5.69. The van der Waals surface area contributed by atoms with E-state index in [0.29, 0.717) is 18.2 Å². The Bertz CT molecular complexity index is 275. The number of aliphatic imine (C=N–C) groups is 1. The van der Waals surface area contributed by atoms with Crippen LogP contribution in [0.2, 0.25) is 0 Å². The van der Waals surface area contributed by atoms with E-state index in [2.05, 4.69) is 26.1 Å². The van der Waals surface area contributed by atoms with E-state index in [0.717, 1.165) is 23.4 Å². The molecule has 0 amide bonds. The smallest absolute Gasteiger partial charge is 0.157 e.